The highest BCUT2D eigenvalue weighted by molar-refractivity contribution is 5.89. The van der Waals surface area contributed by atoms with Crippen molar-refractivity contribution in [1.29, 1.82) is 0 Å². The van der Waals surface area contributed by atoms with Gasteiger partial charge >= 0.3 is 6.09 Å². The smallest absolute Gasteiger partial charge is 0.414 e. The monoisotopic (exact) mass is 338 g/mol. The summed E-state index contributed by atoms with van der Waals surface area (Å²) in [5.74, 6) is -0.0326. The van der Waals surface area contributed by atoms with Crippen LogP contribution in [0.4, 0.5) is 10.5 Å². The van der Waals surface area contributed by atoms with Crippen LogP contribution < -0.4 is 10.2 Å². The largest absolute Gasteiger partial charge is 0.442 e. The number of hydrogen-bond donors (Lipinski definition) is 1. The number of rotatable bonds is 6. The molecule has 1 aliphatic rings. The van der Waals surface area contributed by atoms with Crippen molar-refractivity contribution in [3.63, 3.8) is 0 Å². The zero-order chi connectivity index (χ0) is 17.6. The van der Waals surface area contributed by atoms with Crippen LogP contribution in [0, 0.1) is 6.92 Å². The van der Waals surface area contributed by atoms with Crippen LogP contribution in [-0.2, 0) is 16.0 Å². The molecule has 1 unspecified atom stereocenters. The number of benzene rings is 2. The molecule has 130 valence electrons. The highest BCUT2D eigenvalue weighted by atomic mass is 16.6. The quantitative estimate of drug-likeness (QED) is 0.881. The highest BCUT2D eigenvalue weighted by Crippen LogP contribution is 2.20. The summed E-state index contributed by atoms with van der Waals surface area (Å²) in [6, 6.07) is 17.6. The van der Waals surface area contributed by atoms with Gasteiger partial charge in [0.15, 0.2) is 0 Å². The van der Waals surface area contributed by atoms with Gasteiger partial charge in [0.05, 0.1) is 13.1 Å². The molecular formula is C20H22N2O3. The minimum Gasteiger partial charge on any atom is -0.442 e. The van der Waals surface area contributed by atoms with E-state index >= 15 is 0 Å². The molecule has 5 nitrogen and oxygen atoms in total. The van der Waals surface area contributed by atoms with Gasteiger partial charge in [0.1, 0.15) is 6.10 Å². The van der Waals surface area contributed by atoms with Gasteiger partial charge in [0.25, 0.3) is 0 Å². The van der Waals surface area contributed by atoms with Gasteiger partial charge in [-0.1, -0.05) is 48.0 Å². The summed E-state index contributed by atoms with van der Waals surface area (Å²) in [4.78, 5) is 25.6. The first-order chi connectivity index (χ1) is 12.1. The second-order valence-corrected chi connectivity index (χ2v) is 6.24. The van der Waals surface area contributed by atoms with Crippen molar-refractivity contribution >= 4 is 17.7 Å². The molecule has 1 fully saturated rings. The maximum absolute atomic E-state index is 12.0. The molecular weight excluding hydrogens is 316 g/mol. The van der Waals surface area contributed by atoms with Crippen molar-refractivity contribution in [2.45, 2.75) is 25.9 Å². The van der Waals surface area contributed by atoms with E-state index in [1.54, 1.807) is 4.90 Å². The lowest BCUT2D eigenvalue weighted by molar-refractivity contribution is -0.121. The molecule has 1 N–H and O–H groups in total. The van der Waals surface area contributed by atoms with Crippen LogP contribution in [0.3, 0.4) is 0 Å². The Morgan fingerprint density at radius 1 is 1.16 bits per heavy atom. The van der Waals surface area contributed by atoms with E-state index in [0.717, 1.165) is 11.3 Å². The molecule has 1 saturated heterocycles. The number of carbonyl (C=O) groups excluding carboxylic acids is 2. The SMILES string of the molecule is Cc1ccc(CCC(=O)NCC2CN(c3ccccc3)C(=O)O2)cc1. The molecule has 2 amide bonds. The minimum absolute atomic E-state index is 0.0326. The first-order valence-corrected chi connectivity index (χ1v) is 8.47. The molecule has 1 aliphatic heterocycles. The van der Waals surface area contributed by atoms with Gasteiger partial charge in [-0.2, -0.15) is 0 Å². The van der Waals surface area contributed by atoms with Crippen LogP contribution >= 0.6 is 0 Å². The zero-order valence-electron chi connectivity index (χ0n) is 14.3. The third kappa shape index (κ3) is 4.59. The highest BCUT2D eigenvalue weighted by Gasteiger charge is 2.32. The molecule has 0 spiro atoms. The van der Waals surface area contributed by atoms with Crippen molar-refractivity contribution in [3.8, 4) is 0 Å². The second-order valence-electron chi connectivity index (χ2n) is 6.24. The maximum Gasteiger partial charge on any atom is 0.414 e. The summed E-state index contributed by atoms with van der Waals surface area (Å²) >= 11 is 0. The lowest BCUT2D eigenvalue weighted by Crippen LogP contribution is -2.34. The summed E-state index contributed by atoms with van der Waals surface area (Å²) in [6.07, 6.45) is 0.430. The van der Waals surface area contributed by atoms with Crippen molar-refractivity contribution < 1.29 is 14.3 Å². The number of cyclic esters (lactones) is 1. The molecule has 1 atom stereocenters. The number of anilines is 1. The fourth-order valence-corrected chi connectivity index (χ4v) is 2.78. The van der Waals surface area contributed by atoms with Crippen LogP contribution in [-0.4, -0.2) is 31.2 Å². The first kappa shape index (κ1) is 17.0. The van der Waals surface area contributed by atoms with Crippen LogP contribution in [0.5, 0.6) is 0 Å². The fraction of sp³-hybridized carbons (Fsp3) is 0.300. The van der Waals surface area contributed by atoms with E-state index in [1.165, 1.54) is 5.56 Å². The molecule has 1 heterocycles. The van der Waals surface area contributed by atoms with Gasteiger partial charge in [0, 0.05) is 12.1 Å². The Hall–Kier alpha value is -2.82. The van der Waals surface area contributed by atoms with Gasteiger partial charge in [-0.25, -0.2) is 4.79 Å². The van der Waals surface area contributed by atoms with Crippen LogP contribution in [0.2, 0.25) is 0 Å². The maximum atomic E-state index is 12.0. The lowest BCUT2D eigenvalue weighted by Gasteiger charge is -2.12. The zero-order valence-corrected chi connectivity index (χ0v) is 14.3. The number of nitrogens with one attached hydrogen (secondary N) is 1. The van der Waals surface area contributed by atoms with E-state index in [4.69, 9.17) is 4.74 Å². The van der Waals surface area contributed by atoms with Gasteiger partial charge in [-0.3, -0.25) is 9.69 Å². The van der Waals surface area contributed by atoms with E-state index < -0.39 is 0 Å². The molecule has 25 heavy (non-hydrogen) atoms. The van der Waals surface area contributed by atoms with Crippen LogP contribution in [0.25, 0.3) is 0 Å². The third-order valence-electron chi connectivity index (χ3n) is 4.23. The summed E-state index contributed by atoms with van der Waals surface area (Å²) in [7, 11) is 0. The number of amides is 2. The van der Waals surface area contributed by atoms with E-state index in [9.17, 15) is 9.59 Å². The number of para-hydroxylation sites is 1. The van der Waals surface area contributed by atoms with E-state index in [1.807, 2.05) is 61.5 Å². The molecule has 5 heteroatoms. The van der Waals surface area contributed by atoms with Gasteiger partial charge in [-0.15, -0.1) is 0 Å². The van der Waals surface area contributed by atoms with Crippen molar-refractivity contribution in [1.82, 2.24) is 5.32 Å². The summed E-state index contributed by atoms with van der Waals surface area (Å²) in [6.45, 7) is 2.82. The Labute approximate surface area is 147 Å². The molecule has 3 rings (SSSR count). The Bertz CT molecular complexity index is 728. The average Bonchev–Trinajstić information content (AvgIpc) is 3.01. The Balaban J connectivity index is 1.43. The standard InChI is InChI=1S/C20H22N2O3/c1-15-7-9-16(10-8-15)11-12-19(23)21-13-18-14-22(20(24)25-18)17-5-3-2-4-6-17/h2-10,18H,11-14H2,1H3,(H,21,23). The van der Waals surface area contributed by atoms with E-state index in [-0.39, 0.29) is 18.1 Å². The molecule has 0 aromatic heterocycles. The number of nitrogens with zero attached hydrogens (tertiary/aromatic N) is 1. The number of aryl methyl sites for hydroxylation is 2. The van der Waals surface area contributed by atoms with Crippen molar-refractivity contribution in [3.05, 3.63) is 65.7 Å². The first-order valence-electron chi connectivity index (χ1n) is 8.47. The van der Waals surface area contributed by atoms with E-state index in [2.05, 4.69) is 5.32 Å². The molecule has 2 aromatic rings. The lowest BCUT2D eigenvalue weighted by atomic mass is 10.1. The average molecular weight is 338 g/mol. The topological polar surface area (TPSA) is 58.6 Å². The Morgan fingerprint density at radius 3 is 2.60 bits per heavy atom. The molecule has 0 bridgehead atoms. The van der Waals surface area contributed by atoms with Crippen molar-refractivity contribution in [2.24, 2.45) is 0 Å². The predicted octanol–water partition coefficient (Wildman–Crippen LogP) is 3.07. The third-order valence-corrected chi connectivity index (χ3v) is 4.23. The summed E-state index contributed by atoms with van der Waals surface area (Å²) < 4.78 is 5.33. The normalized spacial score (nSPS) is 16.6. The molecule has 2 aromatic carbocycles. The van der Waals surface area contributed by atoms with E-state index in [0.29, 0.717) is 25.9 Å². The van der Waals surface area contributed by atoms with Gasteiger partial charge < -0.3 is 10.1 Å². The number of hydrogen-bond acceptors (Lipinski definition) is 3. The number of ether oxygens (including phenoxy) is 1. The summed E-state index contributed by atoms with van der Waals surface area (Å²) in [5.41, 5.74) is 3.16. The molecule has 0 aliphatic carbocycles. The second kappa shape index (κ2) is 7.83. The van der Waals surface area contributed by atoms with Gasteiger partial charge in [-0.05, 0) is 31.0 Å². The van der Waals surface area contributed by atoms with Crippen LogP contribution in [0.15, 0.2) is 54.6 Å². The summed E-state index contributed by atoms with van der Waals surface area (Å²) in [5, 5.41) is 2.86. The Kier molecular flexibility index (Phi) is 5.33. The molecule has 0 saturated carbocycles. The number of carbonyl (C=O) groups is 2. The molecule has 0 radical (unpaired) electrons. The van der Waals surface area contributed by atoms with Gasteiger partial charge in [0.2, 0.25) is 5.91 Å². The Morgan fingerprint density at radius 2 is 1.88 bits per heavy atom. The van der Waals surface area contributed by atoms with Crippen LogP contribution in [0.1, 0.15) is 17.5 Å². The van der Waals surface area contributed by atoms with Crippen molar-refractivity contribution in [2.75, 3.05) is 18.0 Å². The fourth-order valence-electron chi connectivity index (χ4n) is 2.78. The predicted molar refractivity (Wildman–Crippen MR) is 96.6 cm³/mol. The minimum atomic E-state index is -0.370.